The van der Waals surface area contributed by atoms with Crippen LogP contribution in [0.1, 0.15) is 30.9 Å². The number of ether oxygens (including phenoxy) is 3. The van der Waals surface area contributed by atoms with Gasteiger partial charge >= 0.3 is 0 Å². The van der Waals surface area contributed by atoms with Gasteiger partial charge in [-0.1, -0.05) is 17.7 Å². The lowest BCUT2D eigenvalue weighted by Crippen LogP contribution is -2.53. The number of rotatable bonds is 6. The number of methoxy groups -OCH3 is 1. The van der Waals surface area contributed by atoms with Gasteiger partial charge in [0.05, 0.1) is 19.8 Å². The van der Waals surface area contributed by atoms with Gasteiger partial charge in [-0.05, 0) is 44.7 Å². The SMILES string of the molecule is CCNC(=NCCc1cc(C)ccc1OC)N1CCOC(C2CCCO2)C1. The molecule has 6 heteroatoms. The summed E-state index contributed by atoms with van der Waals surface area (Å²) in [6.45, 7) is 9.08. The van der Waals surface area contributed by atoms with Crippen molar-refractivity contribution in [2.75, 3.05) is 46.5 Å². The van der Waals surface area contributed by atoms with E-state index in [1.165, 1.54) is 11.1 Å². The number of aliphatic imine (C=N–C) groups is 1. The summed E-state index contributed by atoms with van der Waals surface area (Å²) in [6.07, 6.45) is 3.46. The van der Waals surface area contributed by atoms with Crippen LogP contribution in [-0.4, -0.2) is 69.6 Å². The van der Waals surface area contributed by atoms with Crippen LogP contribution in [0.25, 0.3) is 0 Å². The molecule has 0 saturated carbocycles. The first-order chi connectivity index (χ1) is 13.2. The number of hydrogen-bond donors (Lipinski definition) is 1. The molecule has 2 unspecified atom stereocenters. The number of guanidine groups is 1. The Labute approximate surface area is 162 Å². The van der Waals surface area contributed by atoms with Gasteiger partial charge in [0.1, 0.15) is 11.9 Å². The summed E-state index contributed by atoms with van der Waals surface area (Å²) in [6, 6.07) is 6.30. The zero-order valence-corrected chi connectivity index (χ0v) is 16.9. The molecule has 27 heavy (non-hydrogen) atoms. The van der Waals surface area contributed by atoms with Crippen molar-refractivity contribution in [1.82, 2.24) is 10.2 Å². The molecule has 0 amide bonds. The van der Waals surface area contributed by atoms with Crippen LogP contribution in [0.4, 0.5) is 0 Å². The van der Waals surface area contributed by atoms with Gasteiger partial charge in [0.2, 0.25) is 0 Å². The monoisotopic (exact) mass is 375 g/mol. The van der Waals surface area contributed by atoms with Gasteiger partial charge in [-0.2, -0.15) is 0 Å². The highest BCUT2D eigenvalue weighted by molar-refractivity contribution is 5.80. The molecule has 2 fully saturated rings. The van der Waals surface area contributed by atoms with E-state index in [2.05, 4.69) is 36.2 Å². The van der Waals surface area contributed by atoms with E-state index < -0.39 is 0 Å². The Kier molecular flexibility index (Phi) is 7.35. The van der Waals surface area contributed by atoms with Gasteiger partial charge in [0.25, 0.3) is 0 Å². The first-order valence-electron chi connectivity index (χ1n) is 10.1. The van der Waals surface area contributed by atoms with Crippen LogP contribution < -0.4 is 10.1 Å². The smallest absolute Gasteiger partial charge is 0.194 e. The third-order valence-electron chi connectivity index (χ3n) is 5.19. The molecule has 0 bridgehead atoms. The fourth-order valence-electron chi connectivity index (χ4n) is 3.80. The highest BCUT2D eigenvalue weighted by Crippen LogP contribution is 2.22. The highest BCUT2D eigenvalue weighted by atomic mass is 16.5. The van der Waals surface area contributed by atoms with E-state index in [0.717, 1.165) is 70.4 Å². The van der Waals surface area contributed by atoms with Crippen molar-refractivity contribution in [3.8, 4) is 5.75 Å². The molecule has 1 N–H and O–H groups in total. The van der Waals surface area contributed by atoms with E-state index >= 15 is 0 Å². The van der Waals surface area contributed by atoms with Crippen LogP contribution in [0, 0.1) is 6.92 Å². The topological polar surface area (TPSA) is 55.3 Å². The van der Waals surface area contributed by atoms with E-state index in [1.807, 2.05) is 6.07 Å². The maximum absolute atomic E-state index is 5.97. The lowest BCUT2D eigenvalue weighted by atomic mass is 10.1. The van der Waals surface area contributed by atoms with E-state index in [1.54, 1.807) is 7.11 Å². The van der Waals surface area contributed by atoms with Crippen LogP contribution in [0.15, 0.2) is 23.2 Å². The third-order valence-corrected chi connectivity index (χ3v) is 5.19. The van der Waals surface area contributed by atoms with Gasteiger partial charge in [-0.15, -0.1) is 0 Å². The molecular formula is C21H33N3O3. The normalized spacial score (nSPS) is 23.5. The van der Waals surface area contributed by atoms with Crippen molar-refractivity contribution in [2.45, 2.75) is 45.3 Å². The van der Waals surface area contributed by atoms with Gasteiger partial charge in [0.15, 0.2) is 5.96 Å². The largest absolute Gasteiger partial charge is 0.496 e. The Balaban J connectivity index is 1.63. The van der Waals surface area contributed by atoms with Gasteiger partial charge in [0, 0.05) is 32.8 Å². The molecule has 0 aliphatic carbocycles. The summed E-state index contributed by atoms with van der Waals surface area (Å²) in [5.74, 6) is 1.90. The van der Waals surface area contributed by atoms with Crippen molar-refractivity contribution in [3.05, 3.63) is 29.3 Å². The Morgan fingerprint density at radius 2 is 2.15 bits per heavy atom. The fourth-order valence-corrected chi connectivity index (χ4v) is 3.80. The second kappa shape index (κ2) is 9.95. The van der Waals surface area contributed by atoms with E-state index in [0.29, 0.717) is 0 Å². The predicted molar refractivity (Wildman–Crippen MR) is 108 cm³/mol. The van der Waals surface area contributed by atoms with Gasteiger partial charge in [-0.25, -0.2) is 0 Å². The van der Waals surface area contributed by atoms with Gasteiger partial charge < -0.3 is 24.4 Å². The Morgan fingerprint density at radius 1 is 1.30 bits per heavy atom. The predicted octanol–water partition coefficient (Wildman–Crippen LogP) is 2.39. The maximum atomic E-state index is 5.97. The molecule has 150 valence electrons. The summed E-state index contributed by atoms with van der Waals surface area (Å²) < 4.78 is 17.3. The van der Waals surface area contributed by atoms with Crippen molar-refractivity contribution in [1.29, 1.82) is 0 Å². The molecule has 1 aromatic rings. The van der Waals surface area contributed by atoms with Gasteiger partial charge in [-0.3, -0.25) is 4.99 Å². The number of morpholine rings is 1. The standard InChI is InChI=1S/C21H33N3O3/c1-4-22-21(23-10-9-17-14-16(2)7-8-18(17)25-3)24-11-13-27-20(15-24)19-6-5-12-26-19/h7-8,14,19-20H,4-6,9-13,15H2,1-3H3,(H,22,23). The van der Waals surface area contributed by atoms with Crippen molar-refractivity contribution < 1.29 is 14.2 Å². The lowest BCUT2D eigenvalue weighted by Gasteiger charge is -2.37. The molecule has 0 aromatic heterocycles. The van der Waals surface area contributed by atoms with Crippen LogP contribution >= 0.6 is 0 Å². The number of hydrogen-bond acceptors (Lipinski definition) is 4. The fraction of sp³-hybridized carbons (Fsp3) is 0.667. The lowest BCUT2D eigenvalue weighted by molar-refractivity contribution is -0.0817. The molecule has 2 heterocycles. The Bertz CT molecular complexity index is 629. The summed E-state index contributed by atoms with van der Waals surface area (Å²) in [5, 5.41) is 3.44. The first kappa shape index (κ1) is 20.0. The third kappa shape index (κ3) is 5.36. The van der Waals surface area contributed by atoms with Crippen molar-refractivity contribution in [3.63, 3.8) is 0 Å². The van der Waals surface area contributed by atoms with E-state index in [9.17, 15) is 0 Å². The molecule has 1 aromatic carbocycles. The second-order valence-electron chi connectivity index (χ2n) is 7.21. The minimum Gasteiger partial charge on any atom is -0.496 e. The maximum Gasteiger partial charge on any atom is 0.194 e. The minimum atomic E-state index is 0.141. The minimum absolute atomic E-state index is 0.141. The summed E-state index contributed by atoms with van der Waals surface area (Å²) >= 11 is 0. The number of nitrogens with one attached hydrogen (secondary N) is 1. The molecule has 2 aliphatic rings. The molecule has 2 saturated heterocycles. The molecule has 2 atom stereocenters. The summed E-state index contributed by atoms with van der Waals surface area (Å²) in [7, 11) is 1.72. The highest BCUT2D eigenvalue weighted by Gasteiger charge is 2.32. The Morgan fingerprint density at radius 3 is 2.89 bits per heavy atom. The molecule has 0 spiro atoms. The van der Waals surface area contributed by atoms with Crippen molar-refractivity contribution >= 4 is 5.96 Å². The molecule has 6 nitrogen and oxygen atoms in total. The molecule has 0 radical (unpaired) electrons. The zero-order valence-electron chi connectivity index (χ0n) is 16.9. The van der Waals surface area contributed by atoms with Crippen LogP contribution in [0.5, 0.6) is 5.75 Å². The first-order valence-corrected chi connectivity index (χ1v) is 10.1. The quantitative estimate of drug-likeness (QED) is 0.611. The average Bonchev–Trinajstić information content (AvgIpc) is 3.22. The number of benzene rings is 1. The number of nitrogens with zero attached hydrogens (tertiary/aromatic N) is 2. The van der Waals surface area contributed by atoms with E-state index in [4.69, 9.17) is 19.2 Å². The molecule has 2 aliphatic heterocycles. The Hall–Kier alpha value is -1.79. The summed E-state index contributed by atoms with van der Waals surface area (Å²) in [5.41, 5.74) is 2.45. The van der Waals surface area contributed by atoms with E-state index in [-0.39, 0.29) is 12.2 Å². The zero-order chi connectivity index (χ0) is 19.1. The molecule has 3 rings (SSSR count). The number of aryl methyl sites for hydroxylation is 1. The van der Waals surface area contributed by atoms with Crippen LogP contribution in [0.3, 0.4) is 0 Å². The summed E-state index contributed by atoms with van der Waals surface area (Å²) in [4.78, 5) is 7.19. The van der Waals surface area contributed by atoms with Crippen molar-refractivity contribution in [2.24, 2.45) is 4.99 Å². The molecular weight excluding hydrogens is 342 g/mol. The van der Waals surface area contributed by atoms with Crippen LogP contribution in [0.2, 0.25) is 0 Å². The average molecular weight is 376 g/mol. The van der Waals surface area contributed by atoms with Crippen LogP contribution in [-0.2, 0) is 15.9 Å². The second-order valence-corrected chi connectivity index (χ2v) is 7.21.